The van der Waals surface area contributed by atoms with Gasteiger partial charge in [0, 0.05) is 19.0 Å². The highest BCUT2D eigenvalue weighted by Gasteiger charge is 2.35. The number of hydrogen-bond acceptors (Lipinski definition) is 3. The number of carbonyl (C=O) groups excluding carboxylic acids is 1. The summed E-state index contributed by atoms with van der Waals surface area (Å²) in [6, 6.07) is -0.103. The van der Waals surface area contributed by atoms with Crippen molar-refractivity contribution in [2.75, 3.05) is 19.8 Å². The molecule has 1 aliphatic rings. The number of rotatable bonds is 2. The minimum absolute atomic E-state index is 0.0356. The van der Waals surface area contributed by atoms with Crippen LogP contribution in [0.25, 0.3) is 0 Å². The molecule has 0 aromatic carbocycles. The van der Waals surface area contributed by atoms with Crippen LogP contribution in [0.4, 0.5) is 0 Å². The first-order valence-corrected chi connectivity index (χ1v) is 6.28. The summed E-state index contributed by atoms with van der Waals surface area (Å²) in [6.07, 6.45) is 0.410. The van der Waals surface area contributed by atoms with E-state index in [2.05, 4.69) is 20.8 Å². The molecule has 0 bridgehead atoms. The van der Waals surface area contributed by atoms with Crippen molar-refractivity contribution in [3.05, 3.63) is 0 Å². The Hall–Kier alpha value is -0.610. The molecule has 0 aromatic rings. The molecule has 0 spiro atoms. The Morgan fingerprint density at radius 1 is 1.47 bits per heavy atom. The topological polar surface area (TPSA) is 55.6 Å². The third-order valence-electron chi connectivity index (χ3n) is 3.45. The van der Waals surface area contributed by atoms with E-state index in [0.29, 0.717) is 26.2 Å². The zero-order valence-electron chi connectivity index (χ0n) is 11.7. The molecule has 1 unspecified atom stereocenters. The molecule has 1 atom stereocenters. The van der Waals surface area contributed by atoms with Gasteiger partial charge in [-0.2, -0.15) is 0 Å². The van der Waals surface area contributed by atoms with E-state index in [-0.39, 0.29) is 22.9 Å². The molecule has 0 saturated carbocycles. The minimum Gasteiger partial charge on any atom is -0.377 e. The van der Waals surface area contributed by atoms with Gasteiger partial charge in [0.15, 0.2) is 0 Å². The number of ether oxygens (including phenoxy) is 1. The summed E-state index contributed by atoms with van der Waals surface area (Å²) in [5, 5.41) is 0. The van der Waals surface area contributed by atoms with E-state index >= 15 is 0 Å². The highest BCUT2D eigenvalue weighted by atomic mass is 16.5. The Morgan fingerprint density at radius 2 is 2.06 bits per heavy atom. The van der Waals surface area contributed by atoms with Crippen molar-refractivity contribution in [3.63, 3.8) is 0 Å². The van der Waals surface area contributed by atoms with E-state index in [1.165, 1.54) is 0 Å². The summed E-state index contributed by atoms with van der Waals surface area (Å²) in [5.41, 5.74) is 5.82. The van der Waals surface area contributed by atoms with Gasteiger partial charge in [-0.25, -0.2) is 0 Å². The second kappa shape index (κ2) is 4.94. The lowest BCUT2D eigenvalue weighted by Gasteiger charge is -2.43. The largest absolute Gasteiger partial charge is 0.377 e. The third-order valence-corrected chi connectivity index (χ3v) is 3.45. The molecule has 1 saturated heterocycles. The van der Waals surface area contributed by atoms with Gasteiger partial charge in [0.25, 0.3) is 0 Å². The smallest absolute Gasteiger partial charge is 0.224 e. The lowest BCUT2D eigenvalue weighted by molar-refractivity contribution is -0.147. The predicted octanol–water partition coefficient (Wildman–Crippen LogP) is 1.39. The second-order valence-electron chi connectivity index (χ2n) is 6.59. The standard InChI is InChI=1S/C13H26N2O2/c1-12(2,3)10(14)8-11(16)15-6-7-17-9-13(15,4)5/h10H,6-9,14H2,1-5H3. The molecule has 1 fully saturated rings. The molecule has 0 aliphatic carbocycles. The lowest BCUT2D eigenvalue weighted by atomic mass is 9.85. The number of hydrogen-bond donors (Lipinski definition) is 1. The molecule has 100 valence electrons. The average molecular weight is 242 g/mol. The van der Waals surface area contributed by atoms with Gasteiger partial charge >= 0.3 is 0 Å². The van der Waals surface area contributed by atoms with Crippen molar-refractivity contribution < 1.29 is 9.53 Å². The molecule has 1 amide bonds. The van der Waals surface area contributed by atoms with Crippen LogP contribution in [-0.4, -0.2) is 42.1 Å². The number of nitrogens with zero attached hydrogens (tertiary/aromatic N) is 1. The average Bonchev–Trinajstić information content (AvgIpc) is 2.14. The molecule has 0 radical (unpaired) electrons. The van der Waals surface area contributed by atoms with Crippen LogP contribution in [0.1, 0.15) is 41.0 Å². The summed E-state index contributed by atoms with van der Waals surface area (Å²) >= 11 is 0. The van der Waals surface area contributed by atoms with Crippen molar-refractivity contribution in [2.45, 2.75) is 52.6 Å². The van der Waals surface area contributed by atoms with Gasteiger partial charge < -0.3 is 15.4 Å². The van der Waals surface area contributed by atoms with Crippen LogP contribution in [0, 0.1) is 5.41 Å². The molecule has 4 nitrogen and oxygen atoms in total. The van der Waals surface area contributed by atoms with Crippen LogP contribution in [0.5, 0.6) is 0 Å². The van der Waals surface area contributed by atoms with Crippen LogP contribution in [0.2, 0.25) is 0 Å². The summed E-state index contributed by atoms with van der Waals surface area (Å²) in [4.78, 5) is 14.2. The van der Waals surface area contributed by atoms with Crippen LogP contribution < -0.4 is 5.73 Å². The second-order valence-corrected chi connectivity index (χ2v) is 6.59. The highest BCUT2D eigenvalue weighted by Crippen LogP contribution is 2.24. The number of nitrogens with two attached hydrogens (primary N) is 1. The van der Waals surface area contributed by atoms with E-state index in [4.69, 9.17) is 10.5 Å². The van der Waals surface area contributed by atoms with Crippen molar-refractivity contribution in [1.82, 2.24) is 4.90 Å². The zero-order valence-corrected chi connectivity index (χ0v) is 11.7. The Bertz CT molecular complexity index is 282. The summed E-state index contributed by atoms with van der Waals surface area (Å²) in [6.45, 7) is 12.2. The SMILES string of the molecule is CC(C)(C)C(N)CC(=O)N1CCOCC1(C)C. The van der Waals surface area contributed by atoms with Gasteiger partial charge in [0.05, 0.1) is 18.8 Å². The molecule has 4 heteroatoms. The van der Waals surface area contributed by atoms with Crippen molar-refractivity contribution in [3.8, 4) is 0 Å². The first-order chi connectivity index (χ1) is 7.64. The normalized spacial score (nSPS) is 22.4. The Labute approximate surface area is 104 Å². The fraction of sp³-hybridized carbons (Fsp3) is 0.923. The Kier molecular flexibility index (Phi) is 4.20. The van der Waals surface area contributed by atoms with Crippen LogP contribution in [0.15, 0.2) is 0 Å². The van der Waals surface area contributed by atoms with Gasteiger partial charge in [-0.1, -0.05) is 20.8 Å². The monoisotopic (exact) mass is 242 g/mol. The molecule has 1 heterocycles. The van der Waals surface area contributed by atoms with E-state index in [0.717, 1.165) is 0 Å². The molecular weight excluding hydrogens is 216 g/mol. The number of amides is 1. The highest BCUT2D eigenvalue weighted by molar-refractivity contribution is 5.77. The van der Waals surface area contributed by atoms with E-state index in [1.807, 2.05) is 18.7 Å². The zero-order chi connectivity index (χ0) is 13.3. The maximum Gasteiger partial charge on any atom is 0.224 e. The van der Waals surface area contributed by atoms with E-state index in [9.17, 15) is 4.79 Å². The molecule has 2 N–H and O–H groups in total. The van der Waals surface area contributed by atoms with E-state index in [1.54, 1.807) is 0 Å². The van der Waals surface area contributed by atoms with Crippen LogP contribution in [-0.2, 0) is 9.53 Å². The molecule has 1 rings (SSSR count). The lowest BCUT2D eigenvalue weighted by Crippen LogP contribution is -2.56. The van der Waals surface area contributed by atoms with Crippen molar-refractivity contribution in [1.29, 1.82) is 0 Å². The first kappa shape index (κ1) is 14.5. The fourth-order valence-electron chi connectivity index (χ4n) is 1.93. The Morgan fingerprint density at radius 3 is 2.53 bits per heavy atom. The first-order valence-electron chi connectivity index (χ1n) is 6.28. The van der Waals surface area contributed by atoms with E-state index < -0.39 is 0 Å². The molecule has 17 heavy (non-hydrogen) atoms. The van der Waals surface area contributed by atoms with Gasteiger partial charge in [-0.15, -0.1) is 0 Å². The minimum atomic E-state index is -0.215. The third kappa shape index (κ3) is 3.68. The number of carbonyl (C=O) groups is 1. The summed E-state index contributed by atoms with van der Waals surface area (Å²) in [5.74, 6) is 0.140. The molecule has 1 aliphatic heterocycles. The quantitative estimate of drug-likeness (QED) is 0.796. The van der Waals surface area contributed by atoms with Gasteiger partial charge in [-0.3, -0.25) is 4.79 Å². The Balaban J connectivity index is 2.64. The van der Waals surface area contributed by atoms with Crippen LogP contribution >= 0.6 is 0 Å². The van der Waals surface area contributed by atoms with Crippen molar-refractivity contribution >= 4 is 5.91 Å². The maximum absolute atomic E-state index is 12.3. The predicted molar refractivity (Wildman–Crippen MR) is 68.7 cm³/mol. The maximum atomic E-state index is 12.3. The van der Waals surface area contributed by atoms with Gasteiger partial charge in [0.1, 0.15) is 0 Å². The molecular formula is C13H26N2O2. The van der Waals surface area contributed by atoms with Crippen LogP contribution in [0.3, 0.4) is 0 Å². The summed E-state index contributed by atoms with van der Waals surface area (Å²) < 4.78 is 5.41. The summed E-state index contributed by atoms with van der Waals surface area (Å²) in [7, 11) is 0. The van der Waals surface area contributed by atoms with Crippen molar-refractivity contribution in [2.24, 2.45) is 11.1 Å². The van der Waals surface area contributed by atoms with Gasteiger partial charge in [-0.05, 0) is 19.3 Å². The number of morpholine rings is 1. The van der Waals surface area contributed by atoms with Gasteiger partial charge in [0.2, 0.25) is 5.91 Å². The molecule has 0 aromatic heterocycles. The fourth-order valence-corrected chi connectivity index (χ4v) is 1.93.